The van der Waals surface area contributed by atoms with E-state index in [2.05, 4.69) is 4.72 Å². The normalized spacial score (nSPS) is 11.3. The third kappa shape index (κ3) is 4.27. The van der Waals surface area contributed by atoms with E-state index in [0.29, 0.717) is 12.2 Å². The third-order valence-corrected chi connectivity index (χ3v) is 5.28. The molecule has 6 heteroatoms. The molecule has 0 heterocycles. The van der Waals surface area contributed by atoms with Crippen LogP contribution in [-0.2, 0) is 10.0 Å². The van der Waals surface area contributed by atoms with Crippen molar-refractivity contribution in [3.05, 3.63) is 53.6 Å². The first-order valence-corrected chi connectivity index (χ1v) is 9.41. The summed E-state index contributed by atoms with van der Waals surface area (Å²) in [6.45, 7) is 7.19. The van der Waals surface area contributed by atoms with Gasteiger partial charge in [0.15, 0.2) is 0 Å². The fourth-order valence-electron chi connectivity index (χ4n) is 2.47. The SMILES string of the molecule is CCN(CCO)c1ccc(NS(=O)(=O)c2ccc(C)cc2)c(C)c1. The van der Waals surface area contributed by atoms with Crippen molar-refractivity contribution >= 4 is 21.4 Å². The Kier molecular flexibility index (Phi) is 5.85. The number of hydrogen-bond donors (Lipinski definition) is 2. The van der Waals surface area contributed by atoms with Crippen LogP contribution in [0.1, 0.15) is 18.1 Å². The van der Waals surface area contributed by atoms with Crippen molar-refractivity contribution in [2.24, 2.45) is 0 Å². The maximum absolute atomic E-state index is 12.5. The Labute approximate surface area is 144 Å². The van der Waals surface area contributed by atoms with E-state index in [4.69, 9.17) is 5.11 Å². The number of rotatable bonds is 7. The molecule has 0 radical (unpaired) electrons. The molecule has 0 saturated carbocycles. The van der Waals surface area contributed by atoms with Crippen LogP contribution >= 0.6 is 0 Å². The van der Waals surface area contributed by atoms with Crippen LogP contribution in [0, 0.1) is 13.8 Å². The zero-order valence-electron chi connectivity index (χ0n) is 14.3. The number of likely N-dealkylation sites (N-methyl/N-ethyl adjacent to an activating group) is 1. The molecule has 5 nitrogen and oxygen atoms in total. The summed E-state index contributed by atoms with van der Waals surface area (Å²) in [6, 6.07) is 12.3. The predicted molar refractivity (Wildman–Crippen MR) is 98.1 cm³/mol. The molecule has 0 aromatic heterocycles. The Balaban J connectivity index is 2.25. The van der Waals surface area contributed by atoms with Gasteiger partial charge >= 0.3 is 0 Å². The second-order valence-electron chi connectivity index (χ2n) is 5.72. The Morgan fingerprint density at radius 2 is 1.75 bits per heavy atom. The van der Waals surface area contributed by atoms with Gasteiger partial charge in [0.2, 0.25) is 0 Å². The first kappa shape index (κ1) is 18.3. The number of anilines is 2. The van der Waals surface area contributed by atoms with Crippen molar-refractivity contribution in [3.63, 3.8) is 0 Å². The Morgan fingerprint density at radius 3 is 2.29 bits per heavy atom. The summed E-state index contributed by atoms with van der Waals surface area (Å²) in [5.41, 5.74) is 3.36. The fourth-order valence-corrected chi connectivity index (χ4v) is 3.60. The van der Waals surface area contributed by atoms with E-state index < -0.39 is 10.0 Å². The number of sulfonamides is 1. The molecule has 0 amide bonds. The first-order valence-electron chi connectivity index (χ1n) is 7.93. The van der Waals surface area contributed by atoms with Crippen molar-refractivity contribution in [2.75, 3.05) is 29.3 Å². The Morgan fingerprint density at radius 1 is 1.08 bits per heavy atom. The fraction of sp³-hybridized carbons (Fsp3) is 0.333. The van der Waals surface area contributed by atoms with Crippen molar-refractivity contribution < 1.29 is 13.5 Å². The maximum atomic E-state index is 12.5. The number of aliphatic hydroxyl groups excluding tert-OH is 1. The molecule has 0 saturated heterocycles. The van der Waals surface area contributed by atoms with Crippen molar-refractivity contribution in [3.8, 4) is 0 Å². The van der Waals surface area contributed by atoms with Crippen molar-refractivity contribution in [2.45, 2.75) is 25.7 Å². The molecule has 0 aliphatic rings. The lowest BCUT2D eigenvalue weighted by Crippen LogP contribution is -2.26. The first-order chi connectivity index (χ1) is 11.4. The molecule has 0 aliphatic heterocycles. The molecule has 2 N–H and O–H groups in total. The highest BCUT2D eigenvalue weighted by molar-refractivity contribution is 7.92. The highest BCUT2D eigenvalue weighted by Crippen LogP contribution is 2.25. The molecule has 0 atom stereocenters. The van der Waals surface area contributed by atoms with E-state index in [0.717, 1.165) is 23.4 Å². The summed E-state index contributed by atoms with van der Waals surface area (Å²) in [7, 11) is -3.61. The monoisotopic (exact) mass is 348 g/mol. The number of hydrogen-bond acceptors (Lipinski definition) is 4. The van der Waals surface area contributed by atoms with Crippen LogP contribution in [0.2, 0.25) is 0 Å². The molecule has 0 spiro atoms. The van der Waals surface area contributed by atoms with Gasteiger partial charge in [-0.05, 0) is 56.7 Å². The van der Waals surface area contributed by atoms with Crippen LogP contribution < -0.4 is 9.62 Å². The molecule has 2 aromatic rings. The molecular formula is C18H24N2O3S. The predicted octanol–water partition coefficient (Wildman–Crippen LogP) is 2.92. The number of aryl methyl sites for hydroxylation is 2. The number of nitrogens with zero attached hydrogens (tertiary/aromatic N) is 1. The molecule has 0 unspecified atom stereocenters. The van der Waals surface area contributed by atoms with E-state index >= 15 is 0 Å². The van der Waals surface area contributed by atoms with Gasteiger partial charge in [0.1, 0.15) is 0 Å². The van der Waals surface area contributed by atoms with Crippen LogP contribution in [0.25, 0.3) is 0 Å². The molecule has 0 fully saturated rings. The van der Waals surface area contributed by atoms with E-state index in [-0.39, 0.29) is 11.5 Å². The van der Waals surface area contributed by atoms with Gasteiger partial charge in [-0.2, -0.15) is 0 Å². The molecular weight excluding hydrogens is 324 g/mol. The van der Waals surface area contributed by atoms with E-state index in [1.54, 1.807) is 30.3 Å². The average Bonchev–Trinajstić information content (AvgIpc) is 2.55. The third-order valence-electron chi connectivity index (χ3n) is 3.90. The molecule has 24 heavy (non-hydrogen) atoms. The molecule has 130 valence electrons. The smallest absolute Gasteiger partial charge is 0.261 e. The summed E-state index contributed by atoms with van der Waals surface area (Å²) in [6.07, 6.45) is 0. The Hall–Kier alpha value is -2.05. The van der Waals surface area contributed by atoms with Gasteiger partial charge in [-0.1, -0.05) is 17.7 Å². The van der Waals surface area contributed by atoms with Gasteiger partial charge in [0, 0.05) is 18.8 Å². The summed E-state index contributed by atoms with van der Waals surface area (Å²) < 4.78 is 27.6. The van der Waals surface area contributed by atoms with E-state index in [9.17, 15) is 8.42 Å². The van der Waals surface area contributed by atoms with E-state index in [1.807, 2.05) is 37.8 Å². The van der Waals surface area contributed by atoms with Crippen LogP contribution in [0.3, 0.4) is 0 Å². The minimum absolute atomic E-state index is 0.0781. The topological polar surface area (TPSA) is 69.6 Å². The lowest BCUT2D eigenvalue weighted by molar-refractivity contribution is 0.302. The minimum atomic E-state index is -3.61. The van der Waals surface area contributed by atoms with Crippen LogP contribution in [-0.4, -0.2) is 33.2 Å². The lowest BCUT2D eigenvalue weighted by Gasteiger charge is -2.23. The zero-order chi connectivity index (χ0) is 17.7. The van der Waals surface area contributed by atoms with Gasteiger partial charge in [0.25, 0.3) is 10.0 Å². The standard InChI is InChI=1S/C18H24N2O3S/c1-4-20(11-12-21)16-7-10-18(15(3)13-16)19-24(22,23)17-8-5-14(2)6-9-17/h5-10,13,19,21H,4,11-12H2,1-3H3. The number of nitrogens with one attached hydrogen (secondary N) is 1. The van der Waals surface area contributed by atoms with Gasteiger partial charge in [0.05, 0.1) is 17.2 Å². The van der Waals surface area contributed by atoms with Crippen molar-refractivity contribution in [1.29, 1.82) is 0 Å². The molecule has 0 aliphatic carbocycles. The highest BCUT2D eigenvalue weighted by Gasteiger charge is 2.15. The summed E-state index contributed by atoms with van der Waals surface area (Å²) in [5, 5.41) is 9.12. The maximum Gasteiger partial charge on any atom is 0.261 e. The second-order valence-corrected chi connectivity index (χ2v) is 7.40. The van der Waals surface area contributed by atoms with Gasteiger partial charge in [-0.3, -0.25) is 4.72 Å². The number of benzene rings is 2. The number of aliphatic hydroxyl groups is 1. The summed E-state index contributed by atoms with van der Waals surface area (Å²) in [4.78, 5) is 2.28. The molecule has 0 bridgehead atoms. The van der Waals surface area contributed by atoms with Crippen LogP contribution in [0.5, 0.6) is 0 Å². The molecule has 2 rings (SSSR count). The molecule has 2 aromatic carbocycles. The quantitative estimate of drug-likeness (QED) is 0.807. The minimum Gasteiger partial charge on any atom is -0.395 e. The van der Waals surface area contributed by atoms with Gasteiger partial charge in [-0.25, -0.2) is 8.42 Å². The summed E-state index contributed by atoms with van der Waals surface area (Å²) in [5.74, 6) is 0. The van der Waals surface area contributed by atoms with Crippen molar-refractivity contribution in [1.82, 2.24) is 0 Å². The van der Waals surface area contributed by atoms with Crippen LogP contribution in [0.4, 0.5) is 11.4 Å². The Bertz CT molecular complexity index is 786. The van der Waals surface area contributed by atoms with Gasteiger partial charge in [-0.15, -0.1) is 0 Å². The largest absolute Gasteiger partial charge is 0.395 e. The zero-order valence-corrected chi connectivity index (χ0v) is 15.1. The highest BCUT2D eigenvalue weighted by atomic mass is 32.2. The lowest BCUT2D eigenvalue weighted by atomic mass is 10.1. The summed E-state index contributed by atoms with van der Waals surface area (Å²) >= 11 is 0. The van der Waals surface area contributed by atoms with Crippen LogP contribution in [0.15, 0.2) is 47.4 Å². The average molecular weight is 348 g/mol. The van der Waals surface area contributed by atoms with E-state index in [1.165, 1.54) is 0 Å². The second kappa shape index (κ2) is 7.68. The van der Waals surface area contributed by atoms with Gasteiger partial charge < -0.3 is 10.0 Å².